The zero-order chi connectivity index (χ0) is 12.0. The number of nitrogens with zero attached hydrogens (tertiary/aromatic N) is 4. The Labute approximate surface area is 100 Å². The van der Waals surface area contributed by atoms with Gasteiger partial charge >= 0.3 is 0 Å². The average Bonchev–Trinajstić information content (AvgIpc) is 2.81. The monoisotopic (exact) mass is 231 g/mol. The number of nitrogen functional groups attached to an aromatic ring is 1. The first-order valence-electron chi connectivity index (χ1n) is 5.95. The fourth-order valence-electron chi connectivity index (χ4n) is 2.57. The Hall–Kier alpha value is -1.62. The lowest BCUT2D eigenvalue weighted by Crippen LogP contribution is -2.17. The van der Waals surface area contributed by atoms with Crippen LogP contribution in [0.4, 0.5) is 5.95 Å². The van der Waals surface area contributed by atoms with Crippen molar-refractivity contribution in [1.82, 2.24) is 19.4 Å². The molecule has 90 valence electrons. The highest BCUT2D eigenvalue weighted by Crippen LogP contribution is 2.27. The van der Waals surface area contributed by atoms with E-state index in [2.05, 4.69) is 26.5 Å². The van der Waals surface area contributed by atoms with Crippen LogP contribution >= 0.6 is 0 Å². The SMILES string of the molecule is Cc1ccc2nc(N)n(C3CCN(C)C3)c2n1. The van der Waals surface area contributed by atoms with Crippen molar-refractivity contribution in [2.24, 2.45) is 0 Å². The van der Waals surface area contributed by atoms with Crippen molar-refractivity contribution in [2.75, 3.05) is 25.9 Å². The van der Waals surface area contributed by atoms with E-state index in [0.717, 1.165) is 36.4 Å². The molecule has 0 aromatic carbocycles. The molecular weight excluding hydrogens is 214 g/mol. The Kier molecular flexibility index (Phi) is 2.29. The van der Waals surface area contributed by atoms with Crippen LogP contribution in [0.1, 0.15) is 18.2 Å². The quantitative estimate of drug-likeness (QED) is 0.801. The maximum atomic E-state index is 6.02. The predicted molar refractivity (Wildman–Crippen MR) is 67.8 cm³/mol. The minimum absolute atomic E-state index is 0.402. The molecule has 5 heteroatoms. The molecule has 0 spiro atoms. The number of imidazole rings is 1. The molecule has 17 heavy (non-hydrogen) atoms. The van der Waals surface area contributed by atoms with Crippen LogP contribution in [0, 0.1) is 6.92 Å². The molecule has 1 saturated heterocycles. The first-order valence-corrected chi connectivity index (χ1v) is 5.95. The molecule has 1 aliphatic rings. The van der Waals surface area contributed by atoms with Crippen molar-refractivity contribution in [3.8, 4) is 0 Å². The topological polar surface area (TPSA) is 60.0 Å². The highest BCUT2D eigenvalue weighted by molar-refractivity contribution is 5.74. The van der Waals surface area contributed by atoms with Crippen molar-refractivity contribution in [2.45, 2.75) is 19.4 Å². The molecule has 2 N–H and O–H groups in total. The molecular formula is C12H17N5. The summed E-state index contributed by atoms with van der Waals surface area (Å²) >= 11 is 0. The average molecular weight is 231 g/mol. The summed E-state index contributed by atoms with van der Waals surface area (Å²) in [6.07, 6.45) is 1.11. The van der Waals surface area contributed by atoms with Crippen LogP contribution in [-0.4, -0.2) is 39.6 Å². The number of likely N-dealkylation sites (tertiary alicyclic amines) is 1. The number of anilines is 1. The molecule has 2 aromatic rings. The molecule has 3 rings (SSSR count). The first-order chi connectivity index (χ1) is 8.15. The smallest absolute Gasteiger partial charge is 0.202 e. The van der Waals surface area contributed by atoms with Gasteiger partial charge in [0.2, 0.25) is 5.95 Å². The van der Waals surface area contributed by atoms with Gasteiger partial charge in [-0.15, -0.1) is 0 Å². The molecule has 0 bridgehead atoms. The third-order valence-corrected chi connectivity index (χ3v) is 3.44. The van der Waals surface area contributed by atoms with Gasteiger partial charge in [-0.25, -0.2) is 9.97 Å². The largest absolute Gasteiger partial charge is 0.369 e. The predicted octanol–water partition coefficient (Wildman–Crippen LogP) is 1.20. The fourth-order valence-corrected chi connectivity index (χ4v) is 2.57. The van der Waals surface area contributed by atoms with Crippen molar-refractivity contribution >= 4 is 17.1 Å². The normalized spacial score (nSPS) is 21.4. The molecule has 0 amide bonds. The van der Waals surface area contributed by atoms with Gasteiger partial charge < -0.3 is 10.6 Å². The Morgan fingerprint density at radius 3 is 2.88 bits per heavy atom. The molecule has 1 atom stereocenters. The maximum absolute atomic E-state index is 6.02. The lowest BCUT2D eigenvalue weighted by Gasteiger charge is -2.14. The Balaban J connectivity index is 2.14. The third-order valence-electron chi connectivity index (χ3n) is 3.44. The Bertz CT molecular complexity index is 559. The summed E-state index contributed by atoms with van der Waals surface area (Å²) in [7, 11) is 2.13. The van der Waals surface area contributed by atoms with Gasteiger partial charge in [0.05, 0.1) is 6.04 Å². The number of likely N-dealkylation sites (N-methyl/N-ethyl adjacent to an activating group) is 1. The van der Waals surface area contributed by atoms with Crippen LogP contribution in [-0.2, 0) is 0 Å². The van der Waals surface area contributed by atoms with Gasteiger partial charge in [0.25, 0.3) is 0 Å². The Morgan fingerprint density at radius 1 is 1.35 bits per heavy atom. The van der Waals surface area contributed by atoms with Crippen molar-refractivity contribution in [1.29, 1.82) is 0 Å². The van der Waals surface area contributed by atoms with Crippen LogP contribution < -0.4 is 5.73 Å². The van der Waals surface area contributed by atoms with E-state index in [-0.39, 0.29) is 0 Å². The molecule has 3 heterocycles. The molecule has 1 fully saturated rings. The number of nitrogens with two attached hydrogens (primary N) is 1. The van der Waals surface area contributed by atoms with Crippen molar-refractivity contribution in [3.63, 3.8) is 0 Å². The second kappa shape index (κ2) is 3.70. The number of hydrogen-bond donors (Lipinski definition) is 1. The summed E-state index contributed by atoms with van der Waals surface area (Å²) in [5, 5.41) is 0. The number of aromatic nitrogens is 3. The van der Waals surface area contributed by atoms with Gasteiger partial charge in [-0.05, 0) is 39.1 Å². The highest BCUT2D eigenvalue weighted by Gasteiger charge is 2.25. The summed E-state index contributed by atoms with van der Waals surface area (Å²) in [6.45, 7) is 4.12. The number of pyridine rings is 1. The lowest BCUT2D eigenvalue weighted by atomic mass is 10.2. The van der Waals surface area contributed by atoms with Crippen LogP contribution in [0.3, 0.4) is 0 Å². The van der Waals surface area contributed by atoms with E-state index in [1.54, 1.807) is 0 Å². The molecule has 2 aromatic heterocycles. The molecule has 0 radical (unpaired) electrons. The van der Waals surface area contributed by atoms with E-state index in [0.29, 0.717) is 12.0 Å². The van der Waals surface area contributed by atoms with E-state index in [4.69, 9.17) is 5.73 Å². The van der Waals surface area contributed by atoms with Gasteiger partial charge in [-0.1, -0.05) is 0 Å². The fraction of sp³-hybridized carbons (Fsp3) is 0.500. The third kappa shape index (κ3) is 1.67. The van der Waals surface area contributed by atoms with Gasteiger partial charge in [0.15, 0.2) is 5.65 Å². The van der Waals surface area contributed by atoms with Crippen LogP contribution in [0.5, 0.6) is 0 Å². The van der Waals surface area contributed by atoms with Gasteiger partial charge in [-0.3, -0.25) is 4.57 Å². The van der Waals surface area contributed by atoms with E-state index in [1.807, 2.05) is 19.1 Å². The zero-order valence-electron chi connectivity index (χ0n) is 10.2. The van der Waals surface area contributed by atoms with Gasteiger partial charge in [0, 0.05) is 12.2 Å². The minimum Gasteiger partial charge on any atom is -0.369 e. The molecule has 5 nitrogen and oxygen atoms in total. The summed E-state index contributed by atoms with van der Waals surface area (Å²) in [4.78, 5) is 11.3. The van der Waals surface area contributed by atoms with Crippen molar-refractivity contribution < 1.29 is 0 Å². The summed E-state index contributed by atoms with van der Waals surface area (Å²) in [6, 6.07) is 4.36. The number of rotatable bonds is 1. The number of hydrogen-bond acceptors (Lipinski definition) is 4. The summed E-state index contributed by atoms with van der Waals surface area (Å²) < 4.78 is 2.09. The van der Waals surface area contributed by atoms with Gasteiger partial charge in [0.1, 0.15) is 5.52 Å². The molecule has 0 saturated carbocycles. The van der Waals surface area contributed by atoms with E-state index in [9.17, 15) is 0 Å². The van der Waals surface area contributed by atoms with Crippen LogP contribution in [0.25, 0.3) is 11.2 Å². The standard InChI is InChI=1S/C12H17N5/c1-8-3-4-10-11(14-8)17(12(13)15-10)9-5-6-16(2)7-9/h3-4,9H,5-7H2,1-2H3,(H2,13,15). The number of aryl methyl sites for hydroxylation is 1. The first kappa shape index (κ1) is 10.5. The van der Waals surface area contributed by atoms with Gasteiger partial charge in [-0.2, -0.15) is 0 Å². The van der Waals surface area contributed by atoms with E-state index in [1.165, 1.54) is 0 Å². The number of fused-ring (bicyclic) bond motifs is 1. The minimum atomic E-state index is 0.402. The lowest BCUT2D eigenvalue weighted by molar-refractivity contribution is 0.395. The van der Waals surface area contributed by atoms with E-state index >= 15 is 0 Å². The second-order valence-electron chi connectivity index (χ2n) is 4.84. The zero-order valence-corrected chi connectivity index (χ0v) is 10.2. The van der Waals surface area contributed by atoms with Crippen LogP contribution in [0.15, 0.2) is 12.1 Å². The molecule has 1 aliphatic heterocycles. The highest BCUT2D eigenvalue weighted by atomic mass is 15.3. The second-order valence-corrected chi connectivity index (χ2v) is 4.84. The molecule has 0 aliphatic carbocycles. The van der Waals surface area contributed by atoms with Crippen LogP contribution in [0.2, 0.25) is 0 Å². The maximum Gasteiger partial charge on any atom is 0.202 e. The Morgan fingerprint density at radius 2 is 2.18 bits per heavy atom. The summed E-state index contributed by atoms with van der Waals surface area (Å²) in [5.41, 5.74) is 8.84. The molecule has 1 unspecified atom stereocenters. The van der Waals surface area contributed by atoms with Crippen molar-refractivity contribution in [3.05, 3.63) is 17.8 Å². The van der Waals surface area contributed by atoms with E-state index < -0.39 is 0 Å². The summed E-state index contributed by atoms with van der Waals surface area (Å²) in [5.74, 6) is 0.582.